The fourth-order valence-electron chi connectivity index (χ4n) is 1.17. The Balaban J connectivity index is 4.28. The van der Waals surface area contributed by atoms with Crippen molar-refractivity contribution in [3.63, 3.8) is 0 Å². The van der Waals surface area contributed by atoms with Gasteiger partial charge in [-0.25, -0.2) is 0 Å². The van der Waals surface area contributed by atoms with Gasteiger partial charge in [-0.05, 0) is 13.3 Å². The number of ether oxygens (including phenoxy) is 1. The van der Waals surface area contributed by atoms with Gasteiger partial charge in [0.15, 0.2) is 5.84 Å². The first kappa shape index (κ1) is 16.0. The summed E-state index contributed by atoms with van der Waals surface area (Å²) in [6.45, 7) is 1.76. The second kappa shape index (κ2) is 7.33. The summed E-state index contributed by atoms with van der Waals surface area (Å²) < 4.78 is 42.4. The van der Waals surface area contributed by atoms with Crippen molar-refractivity contribution in [2.45, 2.75) is 25.6 Å². The van der Waals surface area contributed by atoms with Gasteiger partial charge in [-0.3, -0.25) is 0 Å². The van der Waals surface area contributed by atoms with Gasteiger partial charge in [0, 0.05) is 26.3 Å². The zero-order valence-corrected chi connectivity index (χ0v) is 9.79. The quantitative estimate of drug-likeness (QED) is 0.274. The van der Waals surface area contributed by atoms with Crippen LogP contribution < -0.4 is 11.1 Å². The van der Waals surface area contributed by atoms with Crippen LogP contribution in [0.15, 0.2) is 5.16 Å². The summed E-state index contributed by atoms with van der Waals surface area (Å²) in [4.78, 5) is 0. The largest absolute Gasteiger partial charge is 0.409 e. The second-order valence-electron chi connectivity index (χ2n) is 3.71. The van der Waals surface area contributed by atoms with Crippen molar-refractivity contribution in [1.82, 2.24) is 5.32 Å². The zero-order valence-electron chi connectivity index (χ0n) is 9.79. The molecule has 0 heterocycles. The number of nitrogens with zero attached hydrogens (tertiary/aromatic N) is 1. The molecule has 0 aromatic heterocycles. The van der Waals surface area contributed by atoms with E-state index in [4.69, 9.17) is 15.7 Å². The molecule has 0 saturated carbocycles. The normalized spacial score (nSPS) is 16.9. The second-order valence-corrected chi connectivity index (χ2v) is 3.71. The number of hydrogen-bond donors (Lipinski definition) is 3. The molecular weight excluding hydrogens is 239 g/mol. The Bertz CT molecular complexity index is 246. The summed E-state index contributed by atoms with van der Waals surface area (Å²) in [5.41, 5.74) is 5.01. The minimum Gasteiger partial charge on any atom is -0.409 e. The first-order chi connectivity index (χ1) is 7.82. The van der Waals surface area contributed by atoms with E-state index in [1.807, 2.05) is 0 Å². The van der Waals surface area contributed by atoms with Crippen LogP contribution in [0.5, 0.6) is 0 Å². The molecule has 17 heavy (non-hydrogen) atoms. The lowest BCUT2D eigenvalue weighted by molar-refractivity contribution is -0.155. The Morgan fingerprint density at radius 1 is 1.53 bits per heavy atom. The molecule has 102 valence electrons. The van der Waals surface area contributed by atoms with E-state index in [-0.39, 0.29) is 6.04 Å². The van der Waals surface area contributed by atoms with Gasteiger partial charge in [0.05, 0.1) is 0 Å². The van der Waals surface area contributed by atoms with Gasteiger partial charge >= 0.3 is 6.18 Å². The number of alkyl halides is 3. The molecule has 2 atom stereocenters. The molecule has 0 spiro atoms. The molecule has 0 aromatic rings. The van der Waals surface area contributed by atoms with E-state index in [2.05, 4.69) is 10.5 Å². The summed E-state index contributed by atoms with van der Waals surface area (Å²) in [5.74, 6) is -2.83. The van der Waals surface area contributed by atoms with Crippen LogP contribution in [-0.4, -0.2) is 43.5 Å². The number of nitrogens with one attached hydrogen (secondary N) is 1. The van der Waals surface area contributed by atoms with Crippen molar-refractivity contribution in [1.29, 1.82) is 0 Å². The van der Waals surface area contributed by atoms with Gasteiger partial charge in [0.25, 0.3) is 0 Å². The summed E-state index contributed by atoms with van der Waals surface area (Å²) in [5, 5.41) is 13.4. The van der Waals surface area contributed by atoms with Gasteiger partial charge < -0.3 is 21.0 Å². The van der Waals surface area contributed by atoms with E-state index in [1.165, 1.54) is 7.11 Å². The van der Waals surface area contributed by atoms with Gasteiger partial charge in [-0.1, -0.05) is 5.16 Å². The van der Waals surface area contributed by atoms with Gasteiger partial charge in [0.2, 0.25) is 0 Å². The molecule has 2 unspecified atom stereocenters. The van der Waals surface area contributed by atoms with Crippen LogP contribution in [0.3, 0.4) is 0 Å². The molecule has 0 bridgehead atoms. The van der Waals surface area contributed by atoms with E-state index in [9.17, 15) is 13.2 Å². The van der Waals surface area contributed by atoms with Gasteiger partial charge in [-0.15, -0.1) is 0 Å². The Morgan fingerprint density at radius 2 is 2.12 bits per heavy atom. The van der Waals surface area contributed by atoms with E-state index < -0.39 is 24.5 Å². The lowest BCUT2D eigenvalue weighted by Crippen LogP contribution is -2.45. The van der Waals surface area contributed by atoms with Crippen LogP contribution in [-0.2, 0) is 4.74 Å². The number of nitrogens with two attached hydrogens (primary N) is 1. The van der Waals surface area contributed by atoms with Crippen LogP contribution in [0.4, 0.5) is 13.2 Å². The lowest BCUT2D eigenvalue weighted by Gasteiger charge is -2.21. The van der Waals surface area contributed by atoms with Crippen molar-refractivity contribution < 1.29 is 23.1 Å². The number of oxime groups is 1. The Labute approximate surface area is 97.8 Å². The first-order valence-corrected chi connectivity index (χ1v) is 5.09. The molecule has 8 heteroatoms. The fourth-order valence-corrected chi connectivity index (χ4v) is 1.17. The number of amidine groups is 1. The Hall–Kier alpha value is -1.02. The first-order valence-electron chi connectivity index (χ1n) is 5.09. The average Bonchev–Trinajstić information content (AvgIpc) is 2.24. The molecule has 0 aromatic carbocycles. The summed E-state index contributed by atoms with van der Waals surface area (Å²) in [7, 11) is 1.52. The topological polar surface area (TPSA) is 79.9 Å². The van der Waals surface area contributed by atoms with Crippen molar-refractivity contribution >= 4 is 5.84 Å². The molecule has 0 fully saturated rings. The highest BCUT2D eigenvalue weighted by Crippen LogP contribution is 2.25. The highest BCUT2D eigenvalue weighted by Gasteiger charge is 2.42. The van der Waals surface area contributed by atoms with Crippen LogP contribution >= 0.6 is 0 Å². The lowest BCUT2D eigenvalue weighted by atomic mass is 10.1. The van der Waals surface area contributed by atoms with E-state index in [0.717, 1.165) is 0 Å². The van der Waals surface area contributed by atoms with Crippen LogP contribution in [0.2, 0.25) is 0 Å². The summed E-state index contributed by atoms with van der Waals surface area (Å²) in [6.07, 6.45) is -3.96. The highest BCUT2D eigenvalue weighted by atomic mass is 19.4. The third-order valence-corrected chi connectivity index (χ3v) is 2.29. The maximum Gasteiger partial charge on any atom is 0.400 e. The number of rotatable bonds is 7. The molecule has 0 rings (SSSR count). The zero-order chi connectivity index (χ0) is 13.5. The van der Waals surface area contributed by atoms with Crippen molar-refractivity contribution in [3.8, 4) is 0 Å². The maximum absolute atomic E-state index is 12.5. The number of methoxy groups -OCH3 is 1. The monoisotopic (exact) mass is 257 g/mol. The predicted octanol–water partition coefficient (Wildman–Crippen LogP) is 0.926. The number of hydrogen-bond acceptors (Lipinski definition) is 4. The molecule has 0 aliphatic heterocycles. The third-order valence-electron chi connectivity index (χ3n) is 2.29. The maximum atomic E-state index is 12.5. The standard InChI is InChI=1S/C9H18F3N3O2/c1-6(3-4-17-2)14-5-7(8(13)15-16)9(10,11)12/h6-7,14,16H,3-5H2,1-2H3,(H2,13,15). The van der Waals surface area contributed by atoms with Crippen molar-refractivity contribution in [2.75, 3.05) is 20.3 Å². The molecule has 0 radical (unpaired) electrons. The Kier molecular flexibility index (Phi) is 6.89. The predicted molar refractivity (Wildman–Crippen MR) is 56.9 cm³/mol. The van der Waals surface area contributed by atoms with Crippen molar-refractivity contribution in [2.24, 2.45) is 16.8 Å². The third kappa shape index (κ3) is 6.32. The average molecular weight is 257 g/mol. The highest BCUT2D eigenvalue weighted by molar-refractivity contribution is 5.83. The van der Waals surface area contributed by atoms with E-state index >= 15 is 0 Å². The van der Waals surface area contributed by atoms with Crippen molar-refractivity contribution in [3.05, 3.63) is 0 Å². The molecule has 0 aliphatic carbocycles. The summed E-state index contributed by atoms with van der Waals surface area (Å²) >= 11 is 0. The minimum absolute atomic E-state index is 0.147. The molecule has 0 saturated heterocycles. The van der Waals surface area contributed by atoms with Crippen LogP contribution in [0, 0.1) is 5.92 Å². The molecule has 4 N–H and O–H groups in total. The van der Waals surface area contributed by atoms with E-state index in [1.54, 1.807) is 6.92 Å². The molecule has 0 aliphatic rings. The van der Waals surface area contributed by atoms with E-state index in [0.29, 0.717) is 13.0 Å². The number of halogens is 3. The van der Waals surface area contributed by atoms with Crippen LogP contribution in [0.25, 0.3) is 0 Å². The van der Waals surface area contributed by atoms with Gasteiger partial charge in [-0.2, -0.15) is 13.2 Å². The molecular formula is C9H18F3N3O2. The molecule has 0 amide bonds. The van der Waals surface area contributed by atoms with Gasteiger partial charge in [0.1, 0.15) is 5.92 Å². The van der Waals surface area contributed by atoms with Crippen LogP contribution in [0.1, 0.15) is 13.3 Å². The summed E-state index contributed by atoms with van der Waals surface area (Å²) in [6, 6.07) is -0.147. The minimum atomic E-state index is -4.54. The SMILES string of the molecule is COCCC(C)NCC(C(N)=NO)C(F)(F)F. The fraction of sp³-hybridized carbons (Fsp3) is 0.889. The Morgan fingerprint density at radius 3 is 2.53 bits per heavy atom. The smallest absolute Gasteiger partial charge is 0.400 e. The molecule has 5 nitrogen and oxygen atoms in total.